The Bertz CT molecular complexity index is 235. The summed E-state index contributed by atoms with van der Waals surface area (Å²) in [6.07, 6.45) is 5.52. The number of carbonyl (C=O) groups excluding carboxylic acids is 1. The predicted molar refractivity (Wildman–Crippen MR) is 58.5 cm³/mol. The number of hydrogen-bond acceptors (Lipinski definition) is 3. The van der Waals surface area contributed by atoms with Gasteiger partial charge in [0.25, 0.3) is 0 Å². The monoisotopic (exact) mass is 212 g/mol. The molecule has 0 aromatic carbocycles. The molecule has 1 aliphatic heterocycles. The first-order valence-electron chi connectivity index (χ1n) is 5.46. The van der Waals surface area contributed by atoms with E-state index in [0.717, 1.165) is 19.4 Å². The third-order valence-corrected chi connectivity index (χ3v) is 2.94. The van der Waals surface area contributed by atoms with Gasteiger partial charge in [-0.1, -0.05) is 13.0 Å². The molecule has 3 atom stereocenters. The van der Waals surface area contributed by atoms with Crippen molar-refractivity contribution in [3.63, 3.8) is 0 Å². The fourth-order valence-electron chi connectivity index (χ4n) is 1.93. The number of ketones is 1. The zero-order chi connectivity index (χ0) is 11.3. The molecule has 1 rings (SSSR count). The van der Waals surface area contributed by atoms with Crippen LogP contribution in [-0.2, 0) is 14.3 Å². The Hall–Kier alpha value is -0.670. The first-order valence-corrected chi connectivity index (χ1v) is 5.46. The molecule has 1 fully saturated rings. The molecule has 3 nitrogen and oxygen atoms in total. The van der Waals surface area contributed by atoms with Crippen LogP contribution < -0.4 is 0 Å². The van der Waals surface area contributed by atoms with Crippen LogP contribution in [0, 0.1) is 11.8 Å². The van der Waals surface area contributed by atoms with E-state index in [2.05, 4.69) is 6.92 Å². The standard InChI is InChI=1S/C12H20O3/c1-9(13)6-4-5-7-11-8-15-12(14-3)10(11)2/h4,6,10-12H,5,7-8H2,1-3H3/b6-4+. The predicted octanol–water partition coefficient (Wildman–Crippen LogP) is 2.17. The molecule has 1 saturated heterocycles. The molecule has 1 heterocycles. The molecular formula is C12H20O3. The first-order chi connectivity index (χ1) is 7.15. The molecule has 3 heteroatoms. The topological polar surface area (TPSA) is 35.5 Å². The molecule has 0 aromatic rings. The first kappa shape index (κ1) is 12.4. The molecule has 15 heavy (non-hydrogen) atoms. The summed E-state index contributed by atoms with van der Waals surface area (Å²) in [5.74, 6) is 1.10. The van der Waals surface area contributed by atoms with Gasteiger partial charge in [-0.25, -0.2) is 0 Å². The molecule has 0 aliphatic carbocycles. The van der Waals surface area contributed by atoms with Crippen LogP contribution in [0.2, 0.25) is 0 Å². The van der Waals surface area contributed by atoms with E-state index < -0.39 is 0 Å². The number of methoxy groups -OCH3 is 1. The van der Waals surface area contributed by atoms with Gasteiger partial charge in [0, 0.05) is 13.0 Å². The second-order valence-corrected chi connectivity index (χ2v) is 4.15. The molecule has 1 aliphatic rings. The van der Waals surface area contributed by atoms with E-state index in [1.54, 1.807) is 20.1 Å². The van der Waals surface area contributed by atoms with E-state index in [4.69, 9.17) is 9.47 Å². The van der Waals surface area contributed by atoms with Gasteiger partial charge in [-0.2, -0.15) is 0 Å². The van der Waals surface area contributed by atoms with Crippen molar-refractivity contribution in [2.24, 2.45) is 11.8 Å². The van der Waals surface area contributed by atoms with Crippen molar-refractivity contribution in [3.05, 3.63) is 12.2 Å². The Labute approximate surface area is 91.4 Å². The van der Waals surface area contributed by atoms with E-state index >= 15 is 0 Å². The number of rotatable bonds is 5. The SMILES string of the molecule is COC1OCC(CC/C=C/C(C)=O)C1C. The second-order valence-electron chi connectivity index (χ2n) is 4.15. The molecule has 0 N–H and O–H groups in total. The van der Waals surface area contributed by atoms with Crippen molar-refractivity contribution in [1.82, 2.24) is 0 Å². The van der Waals surface area contributed by atoms with Crippen molar-refractivity contribution in [1.29, 1.82) is 0 Å². The van der Waals surface area contributed by atoms with Gasteiger partial charge < -0.3 is 9.47 Å². The van der Waals surface area contributed by atoms with E-state index in [9.17, 15) is 4.79 Å². The average Bonchev–Trinajstić information content (AvgIpc) is 2.54. The van der Waals surface area contributed by atoms with Gasteiger partial charge in [0.15, 0.2) is 12.1 Å². The van der Waals surface area contributed by atoms with Gasteiger partial charge in [-0.15, -0.1) is 0 Å². The largest absolute Gasteiger partial charge is 0.356 e. The second kappa shape index (κ2) is 6.03. The smallest absolute Gasteiger partial charge is 0.160 e. The van der Waals surface area contributed by atoms with Crippen molar-refractivity contribution in [2.45, 2.75) is 33.0 Å². The normalized spacial score (nSPS) is 31.3. The summed E-state index contributed by atoms with van der Waals surface area (Å²) >= 11 is 0. The molecule has 0 saturated carbocycles. The maximum atomic E-state index is 10.7. The van der Waals surface area contributed by atoms with Gasteiger partial charge in [-0.05, 0) is 31.8 Å². The summed E-state index contributed by atoms with van der Waals surface area (Å²) in [7, 11) is 1.68. The van der Waals surface area contributed by atoms with Gasteiger partial charge in [0.1, 0.15) is 0 Å². The van der Waals surface area contributed by atoms with Crippen LogP contribution in [-0.4, -0.2) is 25.8 Å². The fourth-order valence-corrected chi connectivity index (χ4v) is 1.93. The van der Waals surface area contributed by atoms with E-state index in [-0.39, 0.29) is 12.1 Å². The van der Waals surface area contributed by atoms with Crippen molar-refractivity contribution >= 4 is 5.78 Å². The highest BCUT2D eigenvalue weighted by atomic mass is 16.7. The average molecular weight is 212 g/mol. The lowest BCUT2D eigenvalue weighted by atomic mass is 9.92. The Morgan fingerprint density at radius 2 is 2.33 bits per heavy atom. The fraction of sp³-hybridized carbons (Fsp3) is 0.750. The summed E-state index contributed by atoms with van der Waals surface area (Å²) < 4.78 is 10.7. The van der Waals surface area contributed by atoms with Crippen molar-refractivity contribution in [3.8, 4) is 0 Å². The highest BCUT2D eigenvalue weighted by Gasteiger charge is 2.32. The quantitative estimate of drug-likeness (QED) is 0.655. The molecule has 0 amide bonds. The van der Waals surface area contributed by atoms with Gasteiger partial charge in [-0.3, -0.25) is 4.79 Å². The zero-order valence-corrected chi connectivity index (χ0v) is 9.73. The maximum Gasteiger partial charge on any atom is 0.160 e. The number of carbonyl (C=O) groups is 1. The molecule has 86 valence electrons. The molecule has 3 unspecified atom stereocenters. The summed E-state index contributed by atoms with van der Waals surface area (Å²) in [5, 5.41) is 0. The van der Waals surface area contributed by atoms with Crippen LogP contribution >= 0.6 is 0 Å². The molecule has 0 spiro atoms. The summed E-state index contributed by atoms with van der Waals surface area (Å²) in [6, 6.07) is 0. The van der Waals surface area contributed by atoms with Crippen LogP contribution in [0.25, 0.3) is 0 Å². The van der Waals surface area contributed by atoms with Crippen LogP contribution in [0.1, 0.15) is 26.7 Å². The van der Waals surface area contributed by atoms with Crippen molar-refractivity contribution < 1.29 is 14.3 Å². The number of ether oxygens (including phenoxy) is 2. The zero-order valence-electron chi connectivity index (χ0n) is 9.73. The van der Waals surface area contributed by atoms with E-state index in [0.29, 0.717) is 11.8 Å². The van der Waals surface area contributed by atoms with E-state index in [1.165, 1.54) is 0 Å². The van der Waals surface area contributed by atoms with Crippen molar-refractivity contribution in [2.75, 3.05) is 13.7 Å². The molecule has 0 aromatic heterocycles. The third kappa shape index (κ3) is 3.76. The summed E-state index contributed by atoms with van der Waals surface area (Å²) in [4.78, 5) is 10.7. The molecular weight excluding hydrogens is 192 g/mol. The lowest BCUT2D eigenvalue weighted by molar-refractivity contribution is -0.112. The van der Waals surface area contributed by atoms with Gasteiger partial charge in [0.05, 0.1) is 6.61 Å². The lowest BCUT2D eigenvalue weighted by Gasteiger charge is -2.16. The number of allylic oxidation sites excluding steroid dienone is 2. The Balaban J connectivity index is 2.25. The Morgan fingerprint density at radius 1 is 1.60 bits per heavy atom. The highest BCUT2D eigenvalue weighted by Crippen LogP contribution is 2.30. The molecule has 0 radical (unpaired) electrons. The minimum atomic E-state index is -0.0493. The number of hydrogen-bond donors (Lipinski definition) is 0. The van der Waals surface area contributed by atoms with Gasteiger partial charge in [0.2, 0.25) is 0 Å². The maximum absolute atomic E-state index is 10.7. The minimum Gasteiger partial charge on any atom is -0.356 e. The van der Waals surface area contributed by atoms with Crippen LogP contribution in [0.4, 0.5) is 0 Å². The van der Waals surface area contributed by atoms with Crippen LogP contribution in [0.3, 0.4) is 0 Å². The summed E-state index contributed by atoms with van der Waals surface area (Å²) in [5.41, 5.74) is 0. The summed E-state index contributed by atoms with van der Waals surface area (Å²) in [6.45, 7) is 4.49. The van der Waals surface area contributed by atoms with Crippen LogP contribution in [0.5, 0.6) is 0 Å². The van der Waals surface area contributed by atoms with E-state index in [1.807, 2.05) is 6.08 Å². The molecule has 0 bridgehead atoms. The minimum absolute atomic E-state index is 0.0493. The lowest BCUT2D eigenvalue weighted by Crippen LogP contribution is -2.18. The highest BCUT2D eigenvalue weighted by molar-refractivity contribution is 5.87. The third-order valence-electron chi connectivity index (χ3n) is 2.94. The Morgan fingerprint density at radius 3 is 2.87 bits per heavy atom. The van der Waals surface area contributed by atoms with Gasteiger partial charge >= 0.3 is 0 Å². The van der Waals surface area contributed by atoms with Crippen LogP contribution in [0.15, 0.2) is 12.2 Å². The Kier molecular flexibility index (Phi) is 4.99.